The number of aryl methyl sites for hydroxylation is 1. The van der Waals surface area contributed by atoms with E-state index >= 15 is 0 Å². The van der Waals surface area contributed by atoms with Gasteiger partial charge in [-0.15, -0.1) is 0 Å². The van der Waals surface area contributed by atoms with Gasteiger partial charge in [-0.1, -0.05) is 0 Å². The fourth-order valence-electron chi connectivity index (χ4n) is 3.67. The number of anilines is 2. The van der Waals surface area contributed by atoms with E-state index in [2.05, 4.69) is 29.7 Å². The lowest BCUT2D eigenvalue weighted by atomic mass is 10.1. The van der Waals surface area contributed by atoms with Gasteiger partial charge in [0.15, 0.2) is 0 Å². The highest BCUT2D eigenvalue weighted by Crippen LogP contribution is 2.19. The van der Waals surface area contributed by atoms with Crippen LogP contribution in [0, 0.1) is 6.92 Å². The van der Waals surface area contributed by atoms with Crippen LogP contribution in [0.2, 0.25) is 0 Å². The molecule has 4 rings (SSSR count). The average molecular weight is 367 g/mol. The van der Waals surface area contributed by atoms with Crippen molar-refractivity contribution in [2.24, 2.45) is 0 Å². The third-order valence-corrected chi connectivity index (χ3v) is 5.13. The zero-order chi connectivity index (χ0) is 18.6. The highest BCUT2D eigenvalue weighted by molar-refractivity contribution is 5.93. The van der Waals surface area contributed by atoms with Gasteiger partial charge in [0.2, 0.25) is 5.95 Å². The third kappa shape index (κ3) is 3.99. The number of aromatic nitrogens is 4. The van der Waals surface area contributed by atoms with E-state index in [-0.39, 0.29) is 5.91 Å². The Bertz CT molecular complexity index is 784. The van der Waals surface area contributed by atoms with Gasteiger partial charge >= 0.3 is 0 Å². The summed E-state index contributed by atoms with van der Waals surface area (Å²) in [5.74, 6) is 2.26. The molecule has 0 bridgehead atoms. The van der Waals surface area contributed by atoms with Crippen molar-refractivity contribution >= 4 is 17.7 Å². The molecule has 0 unspecified atom stereocenters. The highest BCUT2D eigenvalue weighted by Gasteiger charge is 2.24. The van der Waals surface area contributed by atoms with Crippen LogP contribution in [0.3, 0.4) is 0 Å². The molecular formula is C19H25N7O. The quantitative estimate of drug-likeness (QED) is 0.814. The Morgan fingerprint density at radius 3 is 2.26 bits per heavy atom. The van der Waals surface area contributed by atoms with Gasteiger partial charge in [0.25, 0.3) is 5.91 Å². The molecule has 0 radical (unpaired) electrons. The molecule has 0 saturated carbocycles. The van der Waals surface area contributed by atoms with Crippen molar-refractivity contribution in [3.63, 3.8) is 0 Å². The molecule has 2 saturated heterocycles. The summed E-state index contributed by atoms with van der Waals surface area (Å²) in [6.07, 6.45) is 6.88. The molecule has 0 aliphatic carbocycles. The maximum absolute atomic E-state index is 12.8. The number of piperidine rings is 1. The Morgan fingerprint density at radius 2 is 1.56 bits per heavy atom. The van der Waals surface area contributed by atoms with Crippen molar-refractivity contribution in [3.05, 3.63) is 36.0 Å². The number of amides is 1. The molecule has 2 fully saturated rings. The fourth-order valence-corrected chi connectivity index (χ4v) is 3.67. The standard InChI is InChI=1S/C19H25N7O/c1-15-22-16(18(27)25-8-3-2-4-9-25)14-17(23-15)24-10-12-26(13-11-24)19-20-6-5-7-21-19/h5-7,14H,2-4,8-13H2,1H3. The third-order valence-electron chi connectivity index (χ3n) is 5.13. The summed E-state index contributed by atoms with van der Waals surface area (Å²) in [5, 5.41) is 0. The summed E-state index contributed by atoms with van der Waals surface area (Å²) in [4.78, 5) is 36.7. The van der Waals surface area contributed by atoms with Crippen LogP contribution in [0.1, 0.15) is 35.6 Å². The predicted octanol–water partition coefficient (Wildman–Crippen LogP) is 1.53. The van der Waals surface area contributed by atoms with Crippen LogP contribution in [-0.4, -0.2) is 70.0 Å². The molecule has 0 aromatic carbocycles. The molecule has 0 spiro atoms. The summed E-state index contributed by atoms with van der Waals surface area (Å²) in [5.41, 5.74) is 0.508. The van der Waals surface area contributed by atoms with Gasteiger partial charge in [-0.2, -0.15) is 0 Å². The molecule has 1 amide bonds. The van der Waals surface area contributed by atoms with E-state index in [4.69, 9.17) is 0 Å². The van der Waals surface area contributed by atoms with E-state index in [1.54, 1.807) is 12.4 Å². The number of carbonyl (C=O) groups excluding carboxylic acids is 1. The number of carbonyl (C=O) groups is 1. The molecule has 0 N–H and O–H groups in total. The molecule has 8 nitrogen and oxygen atoms in total. The molecule has 4 heterocycles. The topological polar surface area (TPSA) is 78.4 Å². The van der Waals surface area contributed by atoms with Crippen LogP contribution in [0.4, 0.5) is 11.8 Å². The number of likely N-dealkylation sites (tertiary alicyclic amines) is 1. The van der Waals surface area contributed by atoms with E-state index in [0.717, 1.165) is 63.9 Å². The van der Waals surface area contributed by atoms with Gasteiger partial charge in [-0.3, -0.25) is 4.79 Å². The Kier molecular flexibility index (Phi) is 5.13. The Morgan fingerprint density at radius 1 is 0.889 bits per heavy atom. The van der Waals surface area contributed by atoms with Crippen LogP contribution in [0.15, 0.2) is 24.5 Å². The number of hydrogen-bond acceptors (Lipinski definition) is 7. The maximum atomic E-state index is 12.8. The minimum Gasteiger partial charge on any atom is -0.353 e. The summed E-state index contributed by atoms with van der Waals surface area (Å²) >= 11 is 0. The molecular weight excluding hydrogens is 342 g/mol. The van der Waals surface area contributed by atoms with Gasteiger partial charge in [-0.05, 0) is 32.3 Å². The first-order valence-corrected chi connectivity index (χ1v) is 9.62. The normalized spacial score (nSPS) is 17.9. The smallest absolute Gasteiger partial charge is 0.272 e. The molecule has 2 aromatic heterocycles. The lowest BCUT2D eigenvalue weighted by molar-refractivity contribution is 0.0718. The van der Waals surface area contributed by atoms with E-state index in [0.29, 0.717) is 11.5 Å². The number of hydrogen-bond donors (Lipinski definition) is 0. The summed E-state index contributed by atoms with van der Waals surface area (Å²) in [6, 6.07) is 3.67. The van der Waals surface area contributed by atoms with Crippen molar-refractivity contribution in [1.82, 2.24) is 24.8 Å². The summed E-state index contributed by atoms with van der Waals surface area (Å²) in [6.45, 7) is 6.77. The lowest BCUT2D eigenvalue weighted by Gasteiger charge is -2.35. The van der Waals surface area contributed by atoms with Gasteiger partial charge in [-0.25, -0.2) is 19.9 Å². The first kappa shape index (κ1) is 17.6. The summed E-state index contributed by atoms with van der Waals surface area (Å²) < 4.78 is 0. The average Bonchev–Trinajstić information content (AvgIpc) is 2.74. The molecule has 142 valence electrons. The van der Waals surface area contributed by atoms with E-state index in [1.165, 1.54) is 6.42 Å². The van der Waals surface area contributed by atoms with Gasteiger partial charge in [0.05, 0.1) is 0 Å². The molecule has 27 heavy (non-hydrogen) atoms. The van der Waals surface area contributed by atoms with Crippen molar-refractivity contribution in [3.8, 4) is 0 Å². The van der Waals surface area contributed by atoms with Crippen LogP contribution in [0.25, 0.3) is 0 Å². The van der Waals surface area contributed by atoms with Crippen LogP contribution in [0.5, 0.6) is 0 Å². The SMILES string of the molecule is Cc1nc(C(=O)N2CCCCC2)cc(N2CCN(c3ncccn3)CC2)n1. The van der Waals surface area contributed by atoms with Crippen molar-refractivity contribution in [1.29, 1.82) is 0 Å². The maximum Gasteiger partial charge on any atom is 0.272 e. The predicted molar refractivity (Wildman–Crippen MR) is 103 cm³/mol. The first-order valence-electron chi connectivity index (χ1n) is 9.62. The van der Waals surface area contributed by atoms with Gasteiger partial charge in [0, 0.05) is 57.7 Å². The van der Waals surface area contributed by atoms with Crippen molar-refractivity contribution < 1.29 is 4.79 Å². The Hall–Kier alpha value is -2.77. The minimum atomic E-state index is 0.0257. The van der Waals surface area contributed by atoms with E-state index in [9.17, 15) is 4.79 Å². The number of nitrogens with zero attached hydrogens (tertiary/aromatic N) is 7. The van der Waals surface area contributed by atoms with Gasteiger partial charge in [0.1, 0.15) is 17.3 Å². The van der Waals surface area contributed by atoms with Gasteiger partial charge < -0.3 is 14.7 Å². The zero-order valence-electron chi connectivity index (χ0n) is 15.7. The number of rotatable bonds is 3. The first-order chi connectivity index (χ1) is 13.2. The monoisotopic (exact) mass is 367 g/mol. The second-order valence-corrected chi connectivity index (χ2v) is 7.03. The molecule has 2 aliphatic rings. The Labute approximate surface area is 159 Å². The fraction of sp³-hybridized carbons (Fsp3) is 0.526. The zero-order valence-corrected chi connectivity index (χ0v) is 15.7. The highest BCUT2D eigenvalue weighted by atomic mass is 16.2. The second-order valence-electron chi connectivity index (χ2n) is 7.03. The minimum absolute atomic E-state index is 0.0257. The molecule has 2 aromatic rings. The van der Waals surface area contributed by atoms with E-state index < -0.39 is 0 Å². The Balaban J connectivity index is 1.46. The molecule has 0 atom stereocenters. The largest absolute Gasteiger partial charge is 0.353 e. The van der Waals surface area contributed by atoms with Crippen LogP contribution >= 0.6 is 0 Å². The van der Waals surface area contributed by atoms with Crippen LogP contribution < -0.4 is 9.80 Å². The van der Waals surface area contributed by atoms with Crippen molar-refractivity contribution in [2.75, 3.05) is 49.1 Å². The number of piperazine rings is 1. The van der Waals surface area contributed by atoms with Crippen molar-refractivity contribution in [2.45, 2.75) is 26.2 Å². The summed E-state index contributed by atoms with van der Waals surface area (Å²) in [7, 11) is 0. The molecule has 8 heteroatoms. The molecule has 2 aliphatic heterocycles. The second kappa shape index (κ2) is 7.85. The van der Waals surface area contributed by atoms with Crippen LogP contribution in [-0.2, 0) is 0 Å². The van der Waals surface area contributed by atoms with E-state index in [1.807, 2.05) is 24.0 Å². The lowest BCUT2D eigenvalue weighted by Crippen LogP contribution is -2.47.